The Hall–Kier alpha value is -4.07. The van der Waals surface area contributed by atoms with Crippen LogP contribution in [0.2, 0.25) is 0 Å². The zero-order chi connectivity index (χ0) is 22.7. The van der Waals surface area contributed by atoms with Crippen LogP contribution in [0.15, 0.2) is 54.6 Å². The maximum absolute atomic E-state index is 12.3. The Bertz CT molecular complexity index is 1250. The molecule has 2 aromatic heterocycles. The fourth-order valence-electron chi connectivity index (χ4n) is 3.57. The number of aromatic nitrogens is 3. The molecular formula is C24H26N6O2. The summed E-state index contributed by atoms with van der Waals surface area (Å²) in [4.78, 5) is 21.2. The van der Waals surface area contributed by atoms with Crippen LogP contribution in [0.1, 0.15) is 17.1 Å². The molecular weight excluding hydrogens is 404 g/mol. The molecule has 4 aromatic rings. The molecule has 0 aliphatic rings. The number of carbonyl (C=O) groups excluding carboxylic acids is 1. The lowest BCUT2D eigenvalue weighted by atomic mass is 10.2. The highest BCUT2D eigenvalue weighted by Gasteiger charge is 2.15. The van der Waals surface area contributed by atoms with Gasteiger partial charge in [0.2, 0.25) is 0 Å². The number of nitrogens with one attached hydrogen (secondary N) is 2. The van der Waals surface area contributed by atoms with E-state index in [1.807, 2.05) is 63.2 Å². The largest absolute Gasteiger partial charge is 0.457 e. The number of ether oxygens (including phenoxy) is 1. The Kier molecular flexibility index (Phi) is 5.93. The molecule has 2 amide bonds. The van der Waals surface area contributed by atoms with Crippen LogP contribution in [0.4, 0.5) is 16.3 Å². The smallest absolute Gasteiger partial charge is 0.319 e. The summed E-state index contributed by atoms with van der Waals surface area (Å²) in [5.74, 6) is 2.72. The minimum atomic E-state index is -0.280. The molecule has 0 radical (unpaired) electrons. The number of pyridine rings is 1. The first kappa shape index (κ1) is 21.2. The molecule has 4 rings (SSSR count). The van der Waals surface area contributed by atoms with E-state index in [1.165, 1.54) is 0 Å². The van der Waals surface area contributed by atoms with Gasteiger partial charge in [-0.15, -0.1) is 0 Å². The van der Waals surface area contributed by atoms with E-state index < -0.39 is 0 Å². The number of nitrogens with two attached hydrogens (primary N) is 1. The van der Waals surface area contributed by atoms with Gasteiger partial charge in [-0.25, -0.2) is 14.8 Å². The number of hydrogen-bond acceptors (Lipinski definition) is 5. The number of carbonyl (C=O) groups is 1. The van der Waals surface area contributed by atoms with Gasteiger partial charge in [-0.1, -0.05) is 18.2 Å². The maximum Gasteiger partial charge on any atom is 0.319 e. The van der Waals surface area contributed by atoms with Crippen LogP contribution in [0, 0.1) is 20.8 Å². The van der Waals surface area contributed by atoms with Gasteiger partial charge >= 0.3 is 6.03 Å². The Morgan fingerprint density at radius 2 is 1.69 bits per heavy atom. The van der Waals surface area contributed by atoms with Crippen molar-refractivity contribution in [3.05, 3.63) is 71.7 Å². The summed E-state index contributed by atoms with van der Waals surface area (Å²) in [5.41, 5.74) is 10.3. The maximum atomic E-state index is 12.3. The monoisotopic (exact) mass is 430 g/mol. The molecule has 0 atom stereocenters. The van der Waals surface area contributed by atoms with Crippen molar-refractivity contribution in [1.82, 2.24) is 19.9 Å². The highest BCUT2D eigenvalue weighted by Crippen LogP contribution is 2.25. The van der Waals surface area contributed by atoms with Gasteiger partial charge in [0.25, 0.3) is 0 Å². The second-order valence-corrected chi connectivity index (χ2v) is 7.54. The van der Waals surface area contributed by atoms with Crippen molar-refractivity contribution < 1.29 is 9.53 Å². The van der Waals surface area contributed by atoms with Crippen molar-refractivity contribution in [1.29, 1.82) is 0 Å². The van der Waals surface area contributed by atoms with Crippen molar-refractivity contribution in [3.8, 4) is 11.5 Å². The molecule has 8 heteroatoms. The van der Waals surface area contributed by atoms with Crippen LogP contribution in [0.3, 0.4) is 0 Å². The molecule has 164 valence electrons. The quantitative estimate of drug-likeness (QED) is 0.416. The number of nitrogens with zero attached hydrogens (tertiary/aromatic N) is 3. The van der Waals surface area contributed by atoms with E-state index >= 15 is 0 Å². The molecule has 0 spiro atoms. The zero-order valence-corrected chi connectivity index (χ0v) is 18.3. The lowest BCUT2D eigenvalue weighted by Gasteiger charge is -2.12. The van der Waals surface area contributed by atoms with Crippen LogP contribution < -0.4 is 21.1 Å². The topological polar surface area (TPSA) is 107 Å². The fraction of sp³-hybridized carbons (Fsp3) is 0.208. The number of nitrogen functional groups attached to an aromatic ring is 1. The first-order valence-electron chi connectivity index (χ1n) is 10.4. The van der Waals surface area contributed by atoms with Gasteiger partial charge in [0.1, 0.15) is 22.8 Å². The Labute approximate surface area is 186 Å². The van der Waals surface area contributed by atoms with Crippen molar-refractivity contribution in [3.63, 3.8) is 0 Å². The summed E-state index contributed by atoms with van der Waals surface area (Å²) < 4.78 is 7.83. The van der Waals surface area contributed by atoms with E-state index in [2.05, 4.69) is 25.2 Å². The van der Waals surface area contributed by atoms with Gasteiger partial charge in [0, 0.05) is 24.5 Å². The molecule has 4 N–H and O–H groups in total. The van der Waals surface area contributed by atoms with Gasteiger partial charge in [-0.2, -0.15) is 0 Å². The summed E-state index contributed by atoms with van der Waals surface area (Å²) in [6.45, 7) is 6.87. The third kappa shape index (κ3) is 4.49. The van der Waals surface area contributed by atoms with E-state index in [-0.39, 0.29) is 6.03 Å². The van der Waals surface area contributed by atoms with Crippen LogP contribution in [0.5, 0.6) is 11.5 Å². The molecule has 0 bridgehead atoms. The van der Waals surface area contributed by atoms with Gasteiger partial charge in [-0.3, -0.25) is 0 Å². The van der Waals surface area contributed by atoms with Crippen molar-refractivity contribution in [2.75, 3.05) is 17.6 Å². The second kappa shape index (κ2) is 8.97. The van der Waals surface area contributed by atoms with Crippen LogP contribution in [-0.4, -0.2) is 27.1 Å². The third-order valence-electron chi connectivity index (χ3n) is 5.30. The molecule has 0 aliphatic carbocycles. The standard InChI is InChI=1S/C24H26N6O2/c1-15-16(2)27-23(25)21-22(15)30(17(3)28-21)14-13-26-24(31)29-18-9-11-20(12-10-18)32-19-7-5-4-6-8-19/h4-12H,13-14H2,1-3H3,(H2,25,27)(H2,26,29,31). The molecule has 0 saturated carbocycles. The number of fused-ring (bicyclic) bond motifs is 1. The van der Waals surface area contributed by atoms with E-state index in [0.29, 0.717) is 35.9 Å². The lowest BCUT2D eigenvalue weighted by molar-refractivity contribution is 0.251. The van der Waals surface area contributed by atoms with E-state index in [1.54, 1.807) is 12.1 Å². The van der Waals surface area contributed by atoms with E-state index in [0.717, 1.165) is 28.3 Å². The number of para-hydroxylation sites is 1. The summed E-state index contributed by atoms with van der Waals surface area (Å²) in [5, 5.41) is 5.72. The van der Waals surface area contributed by atoms with Crippen molar-refractivity contribution >= 4 is 28.6 Å². The fourth-order valence-corrected chi connectivity index (χ4v) is 3.57. The SMILES string of the molecule is Cc1nc(N)c2nc(C)n(CCNC(=O)Nc3ccc(Oc4ccccc4)cc3)c2c1C. The molecule has 2 aromatic carbocycles. The minimum Gasteiger partial charge on any atom is -0.457 e. The van der Waals surface area contributed by atoms with E-state index in [9.17, 15) is 4.79 Å². The average Bonchev–Trinajstić information content (AvgIpc) is 3.11. The lowest BCUT2D eigenvalue weighted by Crippen LogP contribution is -2.31. The van der Waals surface area contributed by atoms with Crippen molar-refractivity contribution in [2.45, 2.75) is 27.3 Å². The summed E-state index contributed by atoms with van der Waals surface area (Å²) >= 11 is 0. The average molecular weight is 431 g/mol. The number of anilines is 2. The number of benzene rings is 2. The summed E-state index contributed by atoms with van der Waals surface area (Å²) in [6.07, 6.45) is 0. The first-order chi connectivity index (χ1) is 15.4. The molecule has 0 saturated heterocycles. The highest BCUT2D eigenvalue weighted by atomic mass is 16.5. The first-order valence-corrected chi connectivity index (χ1v) is 10.4. The second-order valence-electron chi connectivity index (χ2n) is 7.54. The highest BCUT2D eigenvalue weighted by molar-refractivity contribution is 5.90. The predicted octanol–water partition coefficient (Wildman–Crippen LogP) is 4.55. The van der Waals surface area contributed by atoms with Crippen LogP contribution >= 0.6 is 0 Å². The third-order valence-corrected chi connectivity index (χ3v) is 5.30. The Morgan fingerprint density at radius 1 is 1.00 bits per heavy atom. The number of hydrogen-bond donors (Lipinski definition) is 3. The summed E-state index contributed by atoms with van der Waals surface area (Å²) in [6, 6.07) is 16.5. The molecule has 32 heavy (non-hydrogen) atoms. The van der Waals surface area contributed by atoms with E-state index in [4.69, 9.17) is 10.5 Å². The molecule has 8 nitrogen and oxygen atoms in total. The Balaban J connectivity index is 1.34. The molecule has 0 aliphatic heterocycles. The van der Waals surface area contributed by atoms with Gasteiger partial charge in [0.15, 0.2) is 5.82 Å². The molecule has 0 fully saturated rings. The van der Waals surface area contributed by atoms with Gasteiger partial charge in [-0.05, 0) is 62.7 Å². The van der Waals surface area contributed by atoms with Crippen molar-refractivity contribution in [2.24, 2.45) is 0 Å². The van der Waals surface area contributed by atoms with Crippen LogP contribution in [0.25, 0.3) is 11.0 Å². The molecule has 2 heterocycles. The van der Waals surface area contributed by atoms with Gasteiger partial charge < -0.3 is 25.7 Å². The number of urea groups is 1. The van der Waals surface area contributed by atoms with Crippen LogP contribution in [-0.2, 0) is 6.54 Å². The Morgan fingerprint density at radius 3 is 2.41 bits per heavy atom. The normalized spacial score (nSPS) is 10.8. The predicted molar refractivity (Wildman–Crippen MR) is 126 cm³/mol. The number of aryl methyl sites for hydroxylation is 3. The summed E-state index contributed by atoms with van der Waals surface area (Å²) in [7, 11) is 0. The van der Waals surface area contributed by atoms with Gasteiger partial charge in [0.05, 0.1) is 5.52 Å². The number of rotatable bonds is 6. The zero-order valence-electron chi connectivity index (χ0n) is 18.3. The number of amides is 2. The minimum absolute atomic E-state index is 0.280. The number of imidazole rings is 1. The molecule has 0 unspecified atom stereocenters.